The van der Waals surface area contributed by atoms with Crippen molar-refractivity contribution in [1.82, 2.24) is 4.90 Å². The Morgan fingerprint density at radius 2 is 1.64 bits per heavy atom. The summed E-state index contributed by atoms with van der Waals surface area (Å²) in [6, 6.07) is 13.5. The predicted octanol–water partition coefficient (Wildman–Crippen LogP) is 3.87. The van der Waals surface area contributed by atoms with Crippen LogP contribution in [0.2, 0.25) is 0 Å². The third-order valence-electron chi connectivity index (χ3n) is 4.81. The first-order chi connectivity index (χ1) is 12.2. The van der Waals surface area contributed by atoms with Crippen LogP contribution in [-0.2, 0) is 6.61 Å². The molecule has 0 atom stereocenters. The zero-order chi connectivity index (χ0) is 17.6. The Balaban J connectivity index is 1.79. The number of aliphatic hydroxyl groups excluding tert-OH is 1. The molecule has 0 bridgehead atoms. The van der Waals surface area contributed by atoms with Crippen LogP contribution < -0.4 is 4.74 Å². The van der Waals surface area contributed by atoms with E-state index in [2.05, 4.69) is 0 Å². The molecule has 1 amide bonds. The molecule has 1 saturated heterocycles. The maximum atomic E-state index is 12.7. The zero-order valence-electron chi connectivity index (χ0n) is 14.7. The largest absolute Gasteiger partial charge is 0.496 e. The molecule has 3 rings (SSSR count). The van der Waals surface area contributed by atoms with Crippen molar-refractivity contribution in [3.8, 4) is 16.9 Å². The summed E-state index contributed by atoms with van der Waals surface area (Å²) in [6.45, 7) is 1.65. The van der Waals surface area contributed by atoms with E-state index < -0.39 is 0 Å². The molecule has 4 heteroatoms. The minimum Gasteiger partial charge on any atom is -0.496 e. The molecule has 4 nitrogen and oxygen atoms in total. The molecule has 1 aliphatic rings. The van der Waals surface area contributed by atoms with Gasteiger partial charge in [0, 0.05) is 24.2 Å². The Labute approximate surface area is 149 Å². The summed E-state index contributed by atoms with van der Waals surface area (Å²) in [5, 5.41) is 9.47. The van der Waals surface area contributed by atoms with Gasteiger partial charge >= 0.3 is 0 Å². The number of methoxy groups -OCH3 is 1. The quantitative estimate of drug-likeness (QED) is 0.920. The molecule has 25 heavy (non-hydrogen) atoms. The van der Waals surface area contributed by atoms with Crippen LogP contribution in [-0.4, -0.2) is 36.1 Å². The molecule has 1 heterocycles. The second-order valence-electron chi connectivity index (χ2n) is 6.47. The monoisotopic (exact) mass is 339 g/mol. The van der Waals surface area contributed by atoms with Gasteiger partial charge in [-0.3, -0.25) is 4.79 Å². The van der Waals surface area contributed by atoms with Crippen LogP contribution in [0.5, 0.6) is 5.75 Å². The fourth-order valence-electron chi connectivity index (χ4n) is 3.34. The highest BCUT2D eigenvalue weighted by Crippen LogP contribution is 2.27. The normalized spacial score (nSPS) is 14.9. The smallest absolute Gasteiger partial charge is 0.253 e. The second-order valence-corrected chi connectivity index (χ2v) is 6.47. The maximum absolute atomic E-state index is 12.7. The van der Waals surface area contributed by atoms with Gasteiger partial charge in [-0.1, -0.05) is 31.0 Å². The number of carbonyl (C=O) groups is 1. The van der Waals surface area contributed by atoms with Gasteiger partial charge < -0.3 is 14.7 Å². The van der Waals surface area contributed by atoms with Crippen molar-refractivity contribution in [2.75, 3.05) is 20.2 Å². The van der Waals surface area contributed by atoms with Gasteiger partial charge in [-0.25, -0.2) is 0 Å². The summed E-state index contributed by atoms with van der Waals surface area (Å²) in [7, 11) is 1.59. The summed E-state index contributed by atoms with van der Waals surface area (Å²) < 4.78 is 5.24. The van der Waals surface area contributed by atoms with Crippen molar-refractivity contribution in [3.05, 3.63) is 53.6 Å². The van der Waals surface area contributed by atoms with Gasteiger partial charge in [0.25, 0.3) is 5.91 Å². The number of hydrogen-bond acceptors (Lipinski definition) is 3. The molecule has 1 aliphatic heterocycles. The molecule has 132 valence electrons. The van der Waals surface area contributed by atoms with E-state index in [4.69, 9.17) is 4.74 Å². The maximum Gasteiger partial charge on any atom is 0.253 e. The average Bonchev–Trinajstić information content (AvgIpc) is 2.96. The van der Waals surface area contributed by atoms with E-state index in [1.165, 1.54) is 12.8 Å². The van der Waals surface area contributed by atoms with Crippen molar-refractivity contribution < 1.29 is 14.6 Å². The highest BCUT2D eigenvalue weighted by atomic mass is 16.5. The van der Waals surface area contributed by atoms with E-state index in [0.29, 0.717) is 5.75 Å². The number of hydrogen-bond donors (Lipinski definition) is 1. The first kappa shape index (κ1) is 17.5. The first-order valence-corrected chi connectivity index (χ1v) is 8.90. The minimum atomic E-state index is -0.0669. The predicted molar refractivity (Wildman–Crippen MR) is 98.7 cm³/mol. The van der Waals surface area contributed by atoms with E-state index >= 15 is 0 Å². The molecule has 0 spiro atoms. The summed E-state index contributed by atoms with van der Waals surface area (Å²) in [5.74, 6) is 0.804. The van der Waals surface area contributed by atoms with Crippen LogP contribution in [0.25, 0.3) is 11.1 Å². The van der Waals surface area contributed by atoms with Crippen molar-refractivity contribution in [2.24, 2.45) is 0 Å². The van der Waals surface area contributed by atoms with Crippen LogP contribution in [0.3, 0.4) is 0 Å². The summed E-state index contributed by atoms with van der Waals surface area (Å²) >= 11 is 0. The molecule has 0 unspecified atom stereocenters. The molecule has 2 aromatic carbocycles. The number of ether oxygens (including phenoxy) is 1. The third kappa shape index (κ3) is 4.02. The molecule has 1 N–H and O–H groups in total. The van der Waals surface area contributed by atoms with Crippen molar-refractivity contribution in [2.45, 2.75) is 32.3 Å². The highest BCUT2D eigenvalue weighted by molar-refractivity contribution is 5.94. The Kier molecular flexibility index (Phi) is 5.71. The van der Waals surface area contributed by atoms with Gasteiger partial charge in [-0.15, -0.1) is 0 Å². The number of amides is 1. The number of benzene rings is 2. The summed E-state index contributed by atoms with van der Waals surface area (Å²) in [4.78, 5) is 14.6. The lowest BCUT2D eigenvalue weighted by Gasteiger charge is -2.20. The number of rotatable bonds is 4. The van der Waals surface area contributed by atoms with Crippen LogP contribution in [0.1, 0.15) is 41.6 Å². The SMILES string of the molecule is COc1ccc(-c2ccc(C(=O)N3CCCCCC3)cc2)cc1CO. The van der Waals surface area contributed by atoms with Crippen molar-refractivity contribution >= 4 is 5.91 Å². The Morgan fingerprint density at radius 1 is 1.00 bits per heavy atom. The van der Waals surface area contributed by atoms with Gasteiger partial charge in [-0.2, -0.15) is 0 Å². The van der Waals surface area contributed by atoms with Crippen LogP contribution in [0.4, 0.5) is 0 Å². The number of likely N-dealkylation sites (tertiary alicyclic amines) is 1. The molecular formula is C21H25NO3. The van der Waals surface area contributed by atoms with Gasteiger partial charge in [0.15, 0.2) is 0 Å². The third-order valence-corrected chi connectivity index (χ3v) is 4.81. The molecule has 0 radical (unpaired) electrons. The summed E-state index contributed by atoms with van der Waals surface area (Å²) in [5.41, 5.74) is 3.51. The van der Waals surface area contributed by atoms with Crippen LogP contribution >= 0.6 is 0 Å². The molecule has 0 aliphatic carbocycles. The van der Waals surface area contributed by atoms with Gasteiger partial charge in [0.05, 0.1) is 13.7 Å². The van der Waals surface area contributed by atoms with E-state index in [1.807, 2.05) is 47.4 Å². The molecular weight excluding hydrogens is 314 g/mol. The fourth-order valence-corrected chi connectivity index (χ4v) is 3.34. The Bertz CT molecular complexity index is 716. The van der Waals surface area contributed by atoms with Crippen molar-refractivity contribution in [3.63, 3.8) is 0 Å². The Morgan fingerprint density at radius 3 is 2.24 bits per heavy atom. The van der Waals surface area contributed by atoms with Gasteiger partial charge in [0.2, 0.25) is 0 Å². The molecule has 1 fully saturated rings. The Hall–Kier alpha value is -2.33. The standard InChI is InChI=1S/C21H25NO3/c1-25-20-11-10-18(14-19(20)15-23)16-6-8-17(9-7-16)21(24)22-12-4-2-3-5-13-22/h6-11,14,23H,2-5,12-13,15H2,1H3. The lowest BCUT2D eigenvalue weighted by molar-refractivity contribution is 0.0761. The molecule has 0 aromatic heterocycles. The molecule has 2 aromatic rings. The fraction of sp³-hybridized carbons (Fsp3) is 0.381. The first-order valence-electron chi connectivity index (χ1n) is 8.90. The lowest BCUT2D eigenvalue weighted by atomic mass is 10.0. The van der Waals surface area contributed by atoms with E-state index in [1.54, 1.807) is 7.11 Å². The van der Waals surface area contributed by atoms with E-state index in [-0.39, 0.29) is 12.5 Å². The van der Waals surface area contributed by atoms with E-state index in [0.717, 1.165) is 48.2 Å². The molecule has 0 saturated carbocycles. The summed E-state index contributed by atoms with van der Waals surface area (Å²) in [6.07, 6.45) is 4.62. The van der Waals surface area contributed by atoms with Crippen molar-refractivity contribution in [1.29, 1.82) is 0 Å². The van der Waals surface area contributed by atoms with Gasteiger partial charge in [-0.05, 0) is 48.2 Å². The highest BCUT2D eigenvalue weighted by Gasteiger charge is 2.17. The topological polar surface area (TPSA) is 49.8 Å². The average molecular weight is 339 g/mol. The number of aliphatic hydroxyl groups is 1. The lowest BCUT2D eigenvalue weighted by Crippen LogP contribution is -2.31. The number of carbonyl (C=O) groups excluding carboxylic acids is 1. The number of nitrogens with zero attached hydrogens (tertiary/aromatic N) is 1. The van der Waals surface area contributed by atoms with E-state index in [9.17, 15) is 9.90 Å². The van der Waals surface area contributed by atoms with Crippen LogP contribution in [0, 0.1) is 0 Å². The minimum absolute atomic E-state index is 0.0669. The van der Waals surface area contributed by atoms with Gasteiger partial charge in [0.1, 0.15) is 5.75 Å². The second kappa shape index (κ2) is 8.17. The zero-order valence-corrected chi connectivity index (χ0v) is 14.7. The van der Waals surface area contributed by atoms with Crippen LogP contribution in [0.15, 0.2) is 42.5 Å².